The number of rotatable bonds is 3. The molecular weight excluding hydrogens is 257 g/mol. The van der Waals surface area contributed by atoms with Crippen LogP contribution in [0.1, 0.15) is 11.4 Å². The third-order valence-electron chi connectivity index (χ3n) is 2.61. The molecule has 2 aromatic rings. The summed E-state index contributed by atoms with van der Waals surface area (Å²) in [6.45, 7) is 2.54. The summed E-state index contributed by atoms with van der Waals surface area (Å²) >= 11 is 12.2. The second-order valence-corrected chi connectivity index (χ2v) is 4.70. The number of hydrogen-bond donors (Lipinski definition) is 1. The van der Waals surface area contributed by atoms with Gasteiger partial charge in [0, 0.05) is 24.5 Å². The molecule has 0 atom stereocenters. The monoisotopic (exact) mass is 269 g/mol. The van der Waals surface area contributed by atoms with Gasteiger partial charge >= 0.3 is 0 Å². The van der Waals surface area contributed by atoms with E-state index in [1.165, 1.54) is 0 Å². The molecule has 0 saturated carbocycles. The van der Waals surface area contributed by atoms with Gasteiger partial charge in [0.15, 0.2) is 0 Å². The zero-order valence-electron chi connectivity index (χ0n) is 9.67. The molecule has 0 radical (unpaired) electrons. The van der Waals surface area contributed by atoms with E-state index in [1.807, 2.05) is 36.9 Å². The lowest BCUT2D eigenvalue weighted by atomic mass is 10.2. The summed E-state index contributed by atoms with van der Waals surface area (Å²) in [4.78, 5) is 4.22. The van der Waals surface area contributed by atoms with Crippen LogP contribution in [-0.2, 0) is 13.6 Å². The molecule has 0 amide bonds. The first-order valence-electron chi connectivity index (χ1n) is 5.23. The minimum Gasteiger partial charge on any atom is -0.377 e. The van der Waals surface area contributed by atoms with Crippen molar-refractivity contribution < 1.29 is 0 Å². The standard InChI is InChI=1S/C12H13Cl2N3/c1-8-5-10(14)11(6-9(8)13)16-7-12-15-3-4-17(12)2/h3-6,16H,7H2,1-2H3. The van der Waals surface area contributed by atoms with Crippen LogP contribution < -0.4 is 5.32 Å². The fraction of sp³-hybridized carbons (Fsp3) is 0.250. The molecule has 1 aromatic carbocycles. The molecule has 0 aliphatic rings. The van der Waals surface area contributed by atoms with Gasteiger partial charge in [-0.1, -0.05) is 23.2 Å². The molecule has 0 bridgehead atoms. The predicted molar refractivity (Wildman–Crippen MR) is 71.7 cm³/mol. The van der Waals surface area contributed by atoms with Crippen LogP contribution in [-0.4, -0.2) is 9.55 Å². The summed E-state index contributed by atoms with van der Waals surface area (Å²) in [5.41, 5.74) is 1.80. The number of halogens is 2. The highest BCUT2D eigenvalue weighted by Crippen LogP contribution is 2.28. The van der Waals surface area contributed by atoms with Crippen LogP contribution >= 0.6 is 23.2 Å². The Morgan fingerprint density at radius 1 is 1.29 bits per heavy atom. The number of nitrogens with one attached hydrogen (secondary N) is 1. The Hall–Kier alpha value is -1.19. The van der Waals surface area contributed by atoms with Gasteiger partial charge in [-0.2, -0.15) is 0 Å². The fourth-order valence-electron chi connectivity index (χ4n) is 1.52. The molecule has 0 aliphatic heterocycles. The average Bonchev–Trinajstić information content (AvgIpc) is 2.68. The van der Waals surface area contributed by atoms with Gasteiger partial charge in [0.05, 0.1) is 17.3 Å². The van der Waals surface area contributed by atoms with Crippen molar-refractivity contribution in [2.75, 3.05) is 5.32 Å². The maximum Gasteiger partial charge on any atom is 0.127 e. The highest BCUT2D eigenvalue weighted by Gasteiger charge is 2.05. The third-order valence-corrected chi connectivity index (χ3v) is 3.33. The van der Waals surface area contributed by atoms with Gasteiger partial charge < -0.3 is 9.88 Å². The van der Waals surface area contributed by atoms with E-state index in [4.69, 9.17) is 23.2 Å². The van der Waals surface area contributed by atoms with Gasteiger partial charge in [-0.3, -0.25) is 0 Å². The lowest BCUT2D eigenvalue weighted by Crippen LogP contribution is -2.06. The maximum atomic E-state index is 6.13. The Labute approximate surface area is 110 Å². The zero-order valence-corrected chi connectivity index (χ0v) is 11.2. The number of benzene rings is 1. The fourth-order valence-corrected chi connectivity index (χ4v) is 1.97. The Morgan fingerprint density at radius 3 is 2.71 bits per heavy atom. The average molecular weight is 270 g/mol. The van der Waals surface area contributed by atoms with E-state index >= 15 is 0 Å². The highest BCUT2D eigenvalue weighted by atomic mass is 35.5. The summed E-state index contributed by atoms with van der Waals surface area (Å²) in [6.07, 6.45) is 3.67. The van der Waals surface area contributed by atoms with E-state index < -0.39 is 0 Å². The molecule has 0 saturated heterocycles. The van der Waals surface area contributed by atoms with E-state index in [2.05, 4.69) is 10.3 Å². The van der Waals surface area contributed by atoms with Crippen molar-refractivity contribution in [2.45, 2.75) is 13.5 Å². The van der Waals surface area contributed by atoms with Crippen LogP contribution in [0.15, 0.2) is 24.5 Å². The molecule has 90 valence electrons. The molecule has 1 N–H and O–H groups in total. The first kappa shape index (κ1) is 12.3. The second kappa shape index (κ2) is 4.98. The number of nitrogens with zero attached hydrogens (tertiary/aromatic N) is 2. The summed E-state index contributed by atoms with van der Waals surface area (Å²) in [5.74, 6) is 0.942. The quantitative estimate of drug-likeness (QED) is 0.922. The molecule has 5 heteroatoms. The number of imidazole rings is 1. The molecule has 0 aliphatic carbocycles. The predicted octanol–water partition coefficient (Wildman–Crippen LogP) is 3.65. The van der Waals surface area contributed by atoms with E-state index in [1.54, 1.807) is 6.20 Å². The lowest BCUT2D eigenvalue weighted by Gasteiger charge is -2.10. The van der Waals surface area contributed by atoms with E-state index in [0.29, 0.717) is 16.6 Å². The Bertz CT molecular complexity index is 535. The van der Waals surface area contributed by atoms with Crippen molar-refractivity contribution in [3.8, 4) is 0 Å². The van der Waals surface area contributed by atoms with Crippen LogP contribution in [0.3, 0.4) is 0 Å². The van der Waals surface area contributed by atoms with E-state index in [9.17, 15) is 0 Å². The van der Waals surface area contributed by atoms with Crippen LogP contribution in [0.25, 0.3) is 0 Å². The first-order valence-corrected chi connectivity index (χ1v) is 5.99. The molecule has 0 fully saturated rings. The smallest absolute Gasteiger partial charge is 0.127 e. The van der Waals surface area contributed by atoms with Crippen molar-refractivity contribution in [3.63, 3.8) is 0 Å². The Kier molecular flexibility index (Phi) is 3.60. The van der Waals surface area contributed by atoms with Crippen LogP contribution in [0.5, 0.6) is 0 Å². The minimum atomic E-state index is 0.614. The summed E-state index contributed by atoms with van der Waals surface area (Å²) < 4.78 is 1.96. The van der Waals surface area contributed by atoms with Crippen LogP contribution in [0, 0.1) is 6.92 Å². The molecule has 17 heavy (non-hydrogen) atoms. The van der Waals surface area contributed by atoms with Crippen molar-refractivity contribution in [2.24, 2.45) is 7.05 Å². The van der Waals surface area contributed by atoms with Gasteiger partial charge in [-0.15, -0.1) is 0 Å². The minimum absolute atomic E-state index is 0.614. The maximum absolute atomic E-state index is 6.13. The summed E-state index contributed by atoms with van der Waals surface area (Å²) in [5, 5.41) is 4.60. The molecule has 0 spiro atoms. The second-order valence-electron chi connectivity index (χ2n) is 3.89. The van der Waals surface area contributed by atoms with Crippen molar-refractivity contribution in [1.29, 1.82) is 0 Å². The van der Waals surface area contributed by atoms with Gasteiger partial charge in [-0.25, -0.2) is 4.98 Å². The van der Waals surface area contributed by atoms with Gasteiger partial charge in [0.2, 0.25) is 0 Å². The highest BCUT2D eigenvalue weighted by molar-refractivity contribution is 6.35. The van der Waals surface area contributed by atoms with Crippen molar-refractivity contribution >= 4 is 28.9 Å². The third kappa shape index (κ3) is 2.73. The molecular formula is C12H13Cl2N3. The lowest BCUT2D eigenvalue weighted by molar-refractivity contribution is 0.813. The van der Waals surface area contributed by atoms with Crippen molar-refractivity contribution in [3.05, 3.63) is 46.0 Å². The molecule has 1 aromatic heterocycles. The van der Waals surface area contributed by atoms with E-state index in [-0.39, 0.29) is 0 Å². The van der Waals surface area contributed by atoms with Crippen molar-refractivity contribution in [1.82, 2.24) is 9.55 Å². The topological polar surface area (TPSA) is 29.9 Å². The summed E-state index contributed by atoms with van der Waals surface area (Å²) in [6, 6.07) is 3.69. The SMILES string of the molecule is Cc1cc(Cl)c(NCc2nccn2C)cc1Cl. The number of hydrogen-bond acceptors (Lipinski definition) is 2. The van der Waals surface area contributed by atoms with Gasteiger partial charge in [-0.05, 0) is 24.6 Å². The van der Waals surface area contributed by atoms with Crippen LogP contribution in [0.4, 0.5) is 5.69 Å². The molecule has 1 heterocycles. The number of aryl methyl sites for hydroxylation is 2. The van der Waals surface area contributed by atoms with Crippen LogP contribution in [0.2, 0.25) is 10.0 Å². The first-order chi connectivity index (χ1) is 8.08. The Balaban J connectivity index is 2.14. The van der Waals surface area contributed by atoms with Gasteiger partial charge in [0.1, 0.15) is 5.82 Å². The Morgan fingerprint density at radius 2 is 2.06 bits per heavy atom. The molecule has 0 unspecified atom stereocenters. The normalized spacial score (nSPS) is 10.6. The molecule has 3 nitrogen and oxygen atoms in total. The summed E-state index contributed by atoms with van der Waals surface area (Å²) in [7, 11) is 1.95. The largest absolute Gasteiger partial charge is 0.377 e. The molecule has 2 rings (SSSR count). The zero-order chi connectivity index (χ0) is 12.4. The van der Waals surface area contributed by atoms with E-state index in [0.717, 1.165) is 17.1 Å². The van der Waals surface area contributed by atoms with Gasteiger partial charge in [0.25, 0.3) is 0 Å². The number of anilines is 1. The number of aromatic nitrogens is 2.